The first kappa shape index (κ1) is 12.8. The molecule has 0 aliphatic carbocycles. The number of rotatable bonds is 5. The molecule has 0 unspecified atom stereocenters. The van der Waals surface area contributed by atoms with Crippen LogP contribution in [0.3, 0.4) is 0 Å². The summed E-state index contributed by atoms with van der Waals surface area (Å²) < 4.78 is 0. The Hall–Kier alpha value is -1.67. The van der Waals surface area contributed by atoms with Crippen molar-refractivity contribution >= 4 is 0 Å². The van der Waals surface area contributed by atoms with E-state index in [1.165, 1.54) is 11.1 Å². The molecule has 1 aromatic heterocycles. The van der Waals surface area contributed by atoms with Gasteiger partial charge in [0.15, 0.2) is 0 Å². The summed E-state index contributed by atoms with van der Waals surface area (Å²) in [6.45, 7) is 2.94. The molecule has 0 saturated heterocycles. The lowest BCUT2D eigenvalue weighted by Gasteiger charge is -2.20. The molecule has 0 fully saturated rings. The summed E-state index contributed by atoms with van der Waals surface area (Å²) in [7, 11) is 0. The van der Waals surface area contributed by atoms with Crippen LogP contribution in [-0.4, -0.2) is 11.5 Å². The SMILES string of the molecule is C[C@H](C[C@H](CN)c1ccncc1)c1ccccc1. The highest BCUT2D eigenvalue weighted by Gasteiger charge is 2.14. The van der Waals surface area contributed by atoms with E-state index in [2.05, 4.69) is 54.4 Å². The van der Waals surface area contributed by atoms with E-state index in [1.54, 1.807) is 0 Å². The van der Waals surface area contributed by atoms with Crippen LogP contribution in [0.2, 0.25) is 0 Å². The Balaban J connectivity index is 2.07. The lowest BCUT2D eigenvalue weighted by Crippen LogP contribution is -2.15. The Morgan fingerprint density at radius 2 is 1.67 bits per heavy atom. The largest absolute Gasteiger partial charge is 0.330 e. The second-order valence-corrected chi connectivity index (χ2v) is 4.76. The van der Waals surface area contributed by atoms with E-state index in [9.17, 15) is 0 Å². The van der Waals surface area contributed by atoms with Gasteiger partial charge < -0.3 is 5.73 Å². The smallest absolute Gasteiger partial charge is 0.0270 e. The number of nitrogens with zero attached hydrogens (tertiary/aromatic N) is 1. The topological polar surface area (TPSA) is 38.9 Å². The average Bonchev–Trinajstić information content (AvgIpc) is 2.46. The molecule has 2 N–H and O–H groups in total. The standard InChI is InChI=1S/C16H20N2/c1-13(14-5-3-2-4-6-14)11-16(12-17)15-7-9-18-10-8-15/h2-10,13,16H,11-12,17H2,1H3/t13-,16-/m1/s1. The zero-order valence-corrected chi connectivity index (χ0v) is 10.8. The van der Waals surface area contributed by atoms with Crippen molar-refractivity contribution in [3.8, 4) is 0 Å². The summed E-state index contributed by atoms with van der Waals surface area (Å²) >= 11 is 0. The third-order valence-corrected chi connectivity index (χ3v) is 3.47. The number of nitrogens with two attached hydrogens (primary N) is 1. The summed E-state index contributed by atoms with van der Waals surface area (Å²) in [6, 6.07) is 14.7. The Morgan fingerprint density at radius 1 is 1.00 bits per heavy atom. The molecule has 2 aromatic rings. The van der Waals surface area contributed by atoms with Crippen LogP contribution in [0.4, 0.5) is 0 Å². The van der Waals surface area contributed by atoms with Crippen molar-refractivity contribution < 1.29 is 0 Å². The minimum absolute atomic E-state index is 0.406. The Morgan fingerprint density at radius 3 is 2.28 bits per heavy atom. The molecular weight excluding hydrogens is 220 g/mol. The minimum Gasteiger partial charge on any atom is -0.330 e. The highest BCUT2D eigenvalue weighted by molar-refractivity contribution is 5.22. The summed E-state index contributed by atoms with van der Waals surface area (Å²) in [4.78, 5) is 4.06. The number of aromatic nitrogens is 1. The van der Waals surface area contributed by atoms with Crippen LogP contribution in [0.1, 0.15) is 36.3 Å². The first-order valence-electron chi connectivity index (χ1n) is 6.46. The van der Waals surface area contributed by atoms with E-state index >= 15 is 0 Å². The van der Waals surface area contributed by atoms with E-state index < -0.39 is 0 Å². The van der Waals surface area contributed by atoms with Crippen LogP contribution in [0, 0.1) is 0 Å². The van der Waals surface area contributed by atoms with Gasteiger partial charge in [0.2, 0.25) is 0 Å². The Bertz CT molecular complexity index is 453. The molecule has 0 amide bonds. The molecule has 0 saturated carbocycles. The highest BCUT2D eigenvalue weighted by atomic mass is 14.6. The maximum absolute atomic E-state index is 5.91. The van der Waals surface area contributed by atoms with Gasteiger partial charge in [0, 0.05) is 12.4 Å². The van der Waals surface area contributed by atoms with Crippen molar-refractivity contribution in [1.82, 2.24) is 4.98 Å². The van der Waals surface area contributed by atoms with Gasteiger partial charge in [-0.25, -0.2) is 0 Å². The van der Waals surface area contributed by atoms with E-state index in [0.29, 0.717) is 18.4 Å². The van der Waals surface area contributed by atoms with Crippen molar-refractivity contribution in [2.24, 2.45) is 5.73 Å². The molecule has 0 bridgehead atoms. The van der Waals surface area contributed by atoms with Crippen LogP contribution < -0.4 is 5.73 Å². The van der Waals surface area contributed by atoms with Crippen molar-refractivity contribution in [2.45, 2.75) is 25.2 Å². The van der Waals surface area contributed by atoms with Gasteiger partial charge in [-0.15, -0.1) is 0 Å². The number of hydrogen-bond donors (Lipinski definition) is 1. The van der Waals surface area contributed by atoms with Crippen molar-refractivity contribution in [2.75, 3.05) is 6.54 Å². The van der Waals surface area contributed by atoms with Crippen molar-refractivity contribution in [3.63, 3.8) is 0 Å². The third kappa shape index (κ3) is 3.17. The zero-order valence-electron chi connectivity index (χ0n) is 10.8. The van der Waals surface area contributed by atoms with Gasteiger partial charge >= 0.3 is 0 Å². The molecule has 0 spiro atoms. The van der Waals surface area contributed by atoms with Crippen LogP contribution >= 0.6 is 0 Å². The maximum atomic E-state index is 5.91. The van der Waals surface area contributed by atoms with Gasteiger partial charge in [-0.3, -0.25) is 4.98 Å². The molecular formula is C16H20N2. The second kappa shape index (κ2) is 6.31. The Kier molecular flexibility index (Phi) is 4.48. The molecule has 2 nitrogen and oxygen atoms in total. The van der Waals surface area contributed by atoms with E-state index in [-0.39, 0.29) is 0 Å². The minimum atomic E-state index is 0.406. The van der Waals surface area contributed by atoms with Crippen LogP contribution in [0.15, 0.2) is 54.9 Å². The van der Waals surface area contributed by atoms with Gasteiger partial charge in [-0.1, -0.05) is 37.3 Å². The van der Waals surface area contributed by atoms with Gasteiger partial charge in [-0.2, -0.15) is 0 Å². The summed E-state index contributed by atoms with van der Waals surface area (Å²) in [5, 5.41) is 0. The molecule has 2 atom stereocenters. The van der Waals surface area contributed by atoms with Gasteiger partial charge in [0.1, 0.15) is 0 Å². The lowest BCUT2D eigenvalue weighted by atomic mass is 9.86. The van der Waals surface area contributed by atoms with Crippen LogP contribution in [-0.2, 0) is 0 Å². The van der Waals surface area contributed by atoms with Gasteiger partial charge in [-0.05, 0) is 48.1 Å². The predicted octanol–water partition coefficient (Wildman–Crippen LogP) is 3.32. The first-order valence-corrected chi connectivity index (χ1v) is 6.46. The molecule has 0 aliphatic heterocycles. The fourth-order valence-corrected chi connectivity index (χ4v) is 2.35. The molecule has 1 aromatic carbocycles. The zero-order chi connectivity index (χ0) is 12.8. The van der Waals surface area contributed by atoms with E-state index in [1.807, 2.05) is 12.4 Å². The third-order valence-electron chi connectivity index (χ3n) is 3.47. The highest BCUT2D eigenvalue weighted by Crippen LogP contribution is 2.28. The monoisotopic (exact) mass is 240 g/mol. The fraction of sp³-hybridized carbons (Fsp3) is 0.312. The lowest BCUT2D eigenvalue weighted by molar-refractivity contribution is 0.564. The molecule has 0 radical (unpaired) electrons. The quantitative estimate of drug-likeness (QED) is 0.870. The fourth-order valence-electron chi connectivity index (χ4n) is 2.35. The van der Waals surface area contributed by atoms with Gasteiger partial charge in [0.05, 0.1) is 0 Å². The molecule has 94 valence electrons. The summed E-state index contributed by atoms with van der Waals surface area (Å²) in [5.41, 5.74) is 8.58. The average molecular weight is 240 g/mol. The summed E-state index contributed by atoms with van der Waals surface area (Å²) in [6.07, 6.45) is 4.75. The summed E-state index contributed by atoms with van der Waals surface area (Å²) in [5.74, 6) is 0.927. The molecule has 2 heteroatoms. The van der Waals surface area contributed by atoms with Gasteiger partial charge in [0.25, 0.3) is 0 Å². The number of benzene rings is 1. The normalized spacial score (nSPS) is 14.1. The van der Waals surface area contributed by atoms with Crippen molar-refractivity contribution in [1.29, 1.82) is 0 Å². The van der Waals surface area contributed by atoms with Crippen LogP contribution in [0.5, 0.6) is 0 Å². The second-order valence-electron chi connectivity index (χ2n) is 4.76. The first-order chi connectivity index (χ1) is 8.81. The molecule has 0 aliphatic rings. The molecule has 2 rings (SSSR count). The van der Waals surface area contributed by atoms with Crippen molar-refractivity contribution in [3.05, 3.63) is 66.0 Å². The maximum Gasteiger partial charge on any atom is 0.0270 e. The predicted molar refractivity (Wildman–Crippen MR) is 75.5 cm³/mol. The van der Waals surface area contributed by atoms with Crippen LogP contribution in [0.25, 0.3) is 0 Å². The number of pyridine rings is 1. The Labute approximate surface area is 109 Å². The van der Waals surface area contributed by atoms with E-state index in [4.69, 9.17) is 5.73 Å². The number of hydrogen-bond acceptors (Lipinski definition) is 2. The van der Waals surface area contributed by atoms with E-state index in [0.717, 1.165) is 6.42 Å². The molecule has 1 heterocycles. The molecule has 18 heavy (non-hydrogen) atoms.